The first kappa shape index (κ1) is 18.5. The zero-order valence-corrected chi connectivity index (χ0v) is 15.8. The van der Waals surface area contributed by atoms with Crippen molar-refractivity contribution in [1.29, 1.82) is 0 Å². The van der Waals surface area contributed by atoms with Crippen LogP contribution in [0, 0.1) is 11.8 Å². The number of hydrogen-bond donors (Lipinski definition) is 2. The average molecular weight is 360 g/mol. The summed E-state index contributed by atoms with van der Waals surface area (Å²) in [6, 6.07) is 5.70. The van der Waals surface area contributed by atoms with E-state index in [0.29, 0.717) is 6.54 Å². The van der Waals surface area contributed by atoms with Gasteiger partial charge in [-0.1, -0.05) is 6.07 Å². The fourth-order valence-corrected chi connectivity index (χ4v) is 3.47. The quantitative estimate of drug-likeness (QED) is 0.866. The molecule has 1 aromatic carbocycles. The summed E-state index contributed by atoms with van der Waals surface area (Å²) >= 11 is 0. The molecule has 0 radical (unpaired) electrons. The van der Waals surface area contributed by atoms with E-state index in [1.807, 2.05) is 39.0 Å². The Morgan fingerprint density at radius 1 is 1.00 bits per heavy atom. The number of ether oxygens (including phenoxy) is 2. The van der Waals surface area contributed by atoms with Gasteiger partial charge in [0.15, 0.2) is 11.5 Å². The van der Waals surface area contributed by atoms with Crippen molar-refractivity contribution in [3.05, 3.63) is 23.8 Å². The Hall–Kier alpha value is -2.24. The first-order valence-corrected chi connectivity index (χ1v) is 9.30. The van der Waals surface area contributed by atoms with E-state index in [1.165, 1.54) is 0 Å². The van der Waals surface area contributed by atoms with Gasteiger partial charge in [0.2, 0.25) is 18.6 Å². The van der Waals surface area contributed by atoms with Crippen LogP contribution in [0.3, 0.4) is 0 Å². The minimum Gasteiger partial charge on any atom is -0.454 e. The first-order valence-electron chi connectivity index (χ1n) is 9.30. The molecular weight excluding hydrogens is 332 g/mol. The molecule has 1 aliphatic carbocycles. The molecule has 1 aliphatic heterocycles. The van der Waals surface area contributed by atoms with E-state index < -0.39 is 0 Å². The normalized spacial score (nSPS) is 22.0. The van der Waals surface area contributed by atoms with Crippen LogP contribution < -0.4 is 20.1 Å². The minimum absolute atomic E-state index is 0.0114. The van der Waals surface area contributed by atoms with Gasteiger partial charge in [0.1, 0.15) is 0 Å². The number of benzene rings is 1. The highest BCUT2D eigenvalue weighted by Gasteiger charge is 2.31. The molecule has 1 aromatic rings. The maximum atomic E-state index is 12.4. The van der Waals surface area contributed by atoms with Crippen molar-refractivity contribution in [1.82, 2.24) is 10.6 Å². The van der Waals surface area contributed by atoms with Gasteiger partial charge in [0, 0.05) is 23.9 Å². The topological polar surface area (TPSA) is 76.7 Å². The Kier molecular flexibility index (Phi) is 5.39. The highest BCUT2D eigenvalue weighted by molar-refractivity contribution is 5.81. The third-order valence-electron chi connectivity index (χ3n) is 4.87. The zero-order valence-electron chi connectivity index (χ0n) is 15.8. The molecule has 6 nitrogen and oxygen atoms in total. The molecule has 1 fully saturated rings. The predicted molar refractivity (Wildman–Crippen MR) is 97.8 cm³/mol. The van der Waals surface area contributed by atoms with E-state index in [2.05, 4.69) is 10.6 Å². The Balaban J connectivity index is 1.44. The number of carbonyl (C=O) groups is 2. The zero-order chi connectivity index (χ0) is 18.7. The van der Waals surface area contributed by atoms with Crippen molar-refractivity contribution in [2.24, 2.45) is 11.8 Å². The monoisotopic (exact) mass is 360 g/mol. The van der Waals surface area contributed by atoms with Crippen LogP contribution in [0.1, 0.15) is 52.0 Å². The predicted octanol–water partition coefficient (Wildman–Crippen LogP) is 2.75. The van der Waals surface area contributed by atoms with E-state index in [4.69, 9.17) is 9.47 Å². The van der Waals surface area contributed by atoms with Gasteiger partial charge < -0.3 is 20.1 Å². The largest absolute Gasteiger partial charge is 0.454 e. The molecule has 2 amide bonds. The van der Waals surface area contributed by atoms with Crippen LogP contribution in [0.2, 0.25) is 0 Å². The second-order valence-electron chi connectivity index (χ2n) is 8.19. The maximum Gasteiger partial charge on any atom is 0.231 e. The molecule has 0 spiro atoms. The summed E-state index contributed by atoms with van der Waals surface area (Å²) in [5.41, 5.74) is 0.775. The third-order valence-corrected chi connectivity index (χ3v) is 4.87. The number of carbonyl (C=O) groups excluding carboxylic acids is 2. The van der Waals surface area contributed by atoms with Crippen molar-refractivity contribution in [2.45, 2.75) is 58.5 Å². The lowest BCUT2D eigenvalue weighted by Crippen LogP contribution is -2.45. The van der Waals surface area contributed by atoms with Crippen molar-refractivity contribution in [3.8, 4) is 11.5 Å². The highest BCUT2D eigenvalue weighted by atomic mass is 16.7. The molecule has 2 aliphatic rings. The van der Waals surface area contributed by atoms with Crippen LogP contribution in [0.25, 0.3) is 0 Å². The highest BCUT2D eigenvalue weighted by Crippen LogP contribution is 2.33. The fourth-order valence-electron chi connectivity index (χ4n) is 3.47. The van der Waals surface area contributed by atoms with E-state index in [-0.39, 0.29) is 36.0 Å². The van der Waals surface area contributed by atoms with Gasteiger partial charge in [-0.05, 0) is 64.2 Å². The molecule has 1 saturated carbocycles. The van der Waals surface area contributed by atoms with Crippen molar-refractivity contribution >= 4 is 11.8 Å². The summed E-state index contributed by atoms with van der Waals surface area (Å²) in [6.45, 7) is 6.68. The molecule has 142 valence electrons. The molecule has 3 rings (SSSR count). The van der Waals surface area contributed by atoms with Crippen LogP contribution in [0.5, 0.6) is 11.5 Å². The molecule has 6 heteroatoms. The Morgan fingerprint density at radius 3 is 2.27 bits per heavy atom. The van der Waals surface area contributed by atoms with Crippen LogP contribution in [0.15, 0.2) is 18.2 Å². The van der Waals surface area contributed by atoms with Gasteiger partial charge in [-0.2, -0.15) is 0 Å². The van der Waals surface area contributed by atoms with E-state index in [1.54, 1.807) is 0 Å². The lowest BCUT2D eigenvalue weighted by atomic mass is 9.81. The van der Waals surface area contributed by atoms with Gasteiger partial charge in [-0.3, -0.25) is 9.59 Å². The van der Waals surface area contributed by atoms with Gasteiger partial charge in [-0.25, -0.2) is 0 Å². The van der Waals surface area contributed by atoms with E-state index in [0.717, 1.165) is 42.7 Å². The van der Waals surface area contributed by atoms with Crippen molar-refractivity contribution in [3.63, 3.8) is 0 Å². The number of rotatable bonds is 4. The number of nitrogens with one attached hydrogen (secondary N) is 2. The van der Waals surface area contributed by atoms with E-state index in [9.17, 15) is 9.59 Å². The second kappa shape index (κ2) is 7.56. The summed E-state index contributed by atoms with van der Waals surface area (Å²) in [4.78, 5) is 24.7. The second-order valence-corrected chi connectivity index (χ2v) is 8.19. The lowest BCUT2D eigenvalue weighted by Gasteiger charge is -2.30. The van der Waals surface area contributed by atoms with Crippen LogP contribution in [-0.4, -0.2) is 24.1 Å². The van der Waals surface area contributed by atoms with Gasteiger partial charge >= 0.3 is 0 Å². The fraction of sp³-hybridized carbons (Fsp3) is 0.600. The smallest absolute Gasteiger partial charge is 0.231 e. The Labute approximate surface area is 154 Å². The Morgan fingerprint density at radius 2 is 1.62 bits per heavy atom. The lowest BCUT2D eigenvalue weighted by molar-refractivity contribution is -0.131. The Bertz CT molecular complexity index is 673. The molecule has 26 heavy (non-hydrogen) atoms. The molecule has 0 saturated heterocycles. The summed E-state index contributed by atoms with van der Waals surface area (Å²) in [5, 5.41) is 6.04. The van der Waals surface area contributed by atoms with Crippen LogP contribution >= 0.6 is 0 Å². The summed E-state index contributed by atoms with van der Waals surface area (Å²) < 4.78 is 10.6. The van der Waals surface area contributed by atoms with Gasteiger partial charge in [-0.15, -0.1) is 0 Å². The molecule has 0 bridgehead atoms. The van der Waals surface area contributed by atoms with E-state index >= 15 is 0 Å². The molecule has 2 N–H and O–H groups in total. The minimum atomic E-state index is -0.212. The van der Waals surface area contributed by atoms with Crippen LogP contribution in [-0.2, 0) is 16.1 Å². The summed E-state index contributed by atoms with van der Waals surface area (Å²) in [7, 11) is 0. The number of amides is 2. The molecule has 0 unspecified atom stereocenters. The molecule has 1 heterocycles. The third kappa shape index (κ3) is 4.68. The average Bonchev–Trinajstić information content (AvgIpc) is 3.06. The molecule has 0 aromatic heterocycles. The summed E-state index contributed by atoms with van der Waals surface area (Å²) in [6.07, 6.45) is 3.05. The SMILES string of the molecule is CC(C)(C)NC(=O)C1CCC(C(=O)NCc2ccc3c(c2)OCO3)CC1. The van der Waals surface area contributed by atoms with Crippen molar-refractivity contribution < 1.29 is 19.1 Å². The van der Waals surface area contributed by atoms with Gasteiger partial charge in [0.05, 0.1) is 0 Å². The number of fused-ring (bicyclic) bond motifs is 1. The molecular formula is C20H28N2O4. The standard InChI is InChI=1S/C20H28N2O4/c1-20(2,3)22-19(24)15-7-5-14(6-8-15)18(23)21-11-13-4-9-16-17(10-13)26-12-25-16/h4,9-10,14-15H,5-8,11-12H2,1-3H3,(H,21,23)(H,22,24). The summed E-state index contributed by atoms with van der Waals surface area (Å²) in [5.74, 6) is 1.65. The maximum absolute atomic E-state index is 12.4. The number of hydrogen-bond acceptors (Lipinski definition) is 4. The first-order chi connectivity index (χ1) is 12.3. The van der Waals surface area contributed by atoms with Crippen molar-refractivity contribution in [2.75, 3.05) is 6.79 Å². The van der Waals surface area contributed by atoms with Gasteiger partial charge in [0.25, 0.3) is 0 Å². The molecule has 0 atom stereocenters. The van der Waals surface area contributed by atoms with Crippen LogP contribution in [0.4, 0.5) is 0 Å².